The Balaban J connectivity index is 2.54. The number of nitrogens with zero attached hydrogens (tertiary/aromatic N) is 2. The van der Waals surface area contributed by atoms with E-state index < -0.39 is 0 Å². The van der Waals surface area contributed by atoms with Crippen molar-refractivity contribution in [2.75, 3.05) is 0 Å². The fourth-order valence-electron chi connectivity index (χ4n) is 2.43. The summed E-state index contributed by atoms with van der Waals surface area (Å²) < 4.78 is 5.73. The van der Waals surface area contributed by atoms with Gasteiger partial charge in [-0.25, -0.2) is 4.98 Å². The molecule has 1 aliphatic rings. The van der Waals surface area contributed by atoms with Crippen molar-refractivity contribution in [3.05, 3.63) is 22.5 Å². The van der Waals surface area contributed by atoms with Crippen LogP contribution in [0, 0.1) is 17.2 Å². The van der Waals surface area contributed by atoms with Gasteiger partial charge in [0.1, 0.15) is 17.5 Å². The van der Waals surface area contributed by atoms with Crippen molar-refractivity contribution in [1.82, 2.24) is 4.98 Å². The Labute approximate surface area is 114 Å². The highest BCUT2D eigenvalue weighted by Crippen LogP contribution is 2.36. The maximum atomic E-state index is 10.3. The molecule has 1 aromatic rings. The van der Waals surface area contributed by atoms with Crippen LogP contribution in [-0.2, 0) is 24.2 Å². The fraction of sp³-hybridized carbons (Fsp3) is 0.600. The lowest BCUT2D eigenvalue weighted by atomic mass is 9.89. The van der Waals surface area contributed by atoms with Crippen LogP contribution >= 0.6 is 0 Å². The second-order valence-corrected chi connectivity index (χ2v) is 6.15. The molecule has 0 amide bonds. The summed E-state index contributed by atoms with van der Waals surface area (Å²) in [7, 11) is 0. The number of aromatic nitrogens is 1. The molecule has 0 spiro atoms. The van der Waals surface area contributed by atoms with Crippen molar-refractivity contribution in [1.29, 1.82) is 5.26 Å². The predicted octanol–water partition coefficient (Wildman–Crippen LogP) is 2.71. The molecule has 0 aliphatic carbocycles. The van der Waals surface area contributed by atoms with Crippen LogP contribution in [-0.4, -0.2) is 15.7 Å². The molecule has 4 nitrogen and oxygen atoms in total. The summed E-state index contributed by atoms with van der Waals surface area (Å²) in [5.74, 6) is 0.585. The molecule has 102 valence electrons. The molecule has 0 bridgehead atoms. The van der Waals surface area contributed by atoms with Crippen LogP contribution in [0.25, 0.3) is 0 Å². The molecule has 0 saturated carbocycles. The smallest absolute Gasteiger partial charge is 0.144 e. The summed E-state index contributed by atoms with van der Waals surface area (Å²) in [6, 6.07) is 2.16. The third kappa shape index (κ3) is 2.71. The minimum Gasteiger partial charge on any atom is -0.506 e. The van der Waals surface area contributed by atoms with Crippen molar-refractivity contribution in [3.8, 4) is 11.8 Å². The van der Waals surface area contributed by atoms with Gasteiger partial charge >= 0.3 is 0 Å². The molecule has 0 atom stereocenters. The number of hydrogen-bond donors (Lipinski definition) is 1. The van der Waals surface area contributed by atoms with E-state index in [1.807, 2.05) is 13.8 Å². The standard InChI is InChI=1S/C15H20N2O2/c1-9(2)5-12-14(18)11-8-19-15(3,4)6-10(11)13(7-16)17-12/h9,18H,5-6,8H2,1-4H3. The lowest BCUT2D eigenvalue weighted by Gasteiger charge is -2.32. The van der Waals surface area contributed by atoms with Crippen LogP contribution in [0.4, 0.5) is 0 Å². The Kier molecular flexibility index (Phi) is 3.51. The van der Waals surface area contributed by atoms with Gasteiger partial charge in [0.2, 0.25) is 0 Å². The van der Waals surface area contributed by atoms with Gasteiger partial charge < -0.3 is 9.84 Å². The van der Waals surface area contributed by atoms with Gasteiger partial charge in [0.15, 0.2) is 0 Å². The highest BCUT2D eigenvalue weighted by atomic mass is 16.5. The number of fused-ring (bicyclic) bond motifs is 1. The molecule has 0 fully saturated rings. The average Bonchev–Trinajstić information content (AvgIpc) is 2.31. The molecule has 0 unspecified atom stereocenters. The molecule has 1 aliphatic heterocycles. The Hall–Kier alpha value is -1.60. The zero-order valence-corrected chi connectivity index (χ0v) is 11.9. The quantitative estimate of drug-likeness (QED) is 0.887. The molecular formula is C15H20N2O2. The summed E-state index contributed by atoms with van der Waals surface area (Å²) in [5.41, 5.74) is 2.30. The second-order valence-electron chi connectivity index (χ2n) is 6.15. The number of rotatable bonds is 2. The van der Waals surface area contributed by atoms with Crippen LogP contribution in [0.15, 0.2) is 0 Å². The van der Waals surface area contributed by atoms with Gasteiger partial charge in [0, 0.05) is 17.5 Å². The maximum absolute atomic E-state index is 10.3. The molecule has 2 rings (SSSR count). The molecule has 1 aromatic heterocycles. The Morgan fingerprint density at radius 2 is 2.11 bits per heavy atom. The molecule has 2 heterocycles. The monoisotopic (exact) mass is 260 g/mol. The lowest BCUT2D eigenvalue weighted by molar-refractivity contribution is -0.0412. The number of ether oxygens (including phenoxy) is 1. The maximum Gasteiger partial charge on any atom is 0.144 e. The molecule has 4 heteroatoms. The second kappa shape index (κ2) is 4.82. The van der Waals surface area contributed by atoms with Gasteiger partial charge in [-0.3, -0.25) is 0 Å². The summed E-state index contributed by atoms with van der Waals surface area (Å²) in [6.45, 7) is 8.43. The van der Waals surface area contributed by atoms with Crippen LogP contribution < -0.4 is 0 Å². The molecule has 0 saturated heterocycles. The number of pyridine rings is 1. The summed E-state index contributed by atoms with van der Waals surface area (Å²) in [6.07, 6.45) is 1.27. The third-order valence-electron chi connectivity index (χ3n) is 3.37. The van der Waals surface area contributed by atoms with Crippen LogP contribution in [0.3, 0.4) is 0 Å². The summed E-state index contributed by atoms with van der Waals surface area (Å²) in [4.78, 5) is 4.34. The zero-order valence-electron chi connectivity index (χ0n) is 11.9. The van der Waals surface area contributed by atoms with E-state index in [4.69, 9.17) is 4.74 Å². The van der Waals surface area contributed by atoms with Crippen LogP contribution in [0.2, 0.25) is 0 Å². The third-order valence-corrected chi connectivity index (χ3v) is 3.37. The minimum atomic E-state index is -0.313. The average molecular weight is 260 g/mol. The number of aromatic hydroxyl groups is 1. The van der Waals surface area contributed by atoms with Gasteiger partial charge in [0.05, 0.1) is 17.9 Å². The van der Waals surface area contributed by atoms with Crippen molar-refractivity contribution >= 4 is 0 Å². The van der Waals surface area contributed by atoms with Gasteiger partial charge in [-0.05, 0) is 26.2 Å². The van der Waals surface area contributed by atoms with E-state index in [9.17, 15) is 10.4 Å². The number of hydrogen-bond acceptors (Lipinski definition) is 4. The molecule has 19 heavy (non-hydrogen) atoms. The number of nitriles is 1. The first-order valence-corrected chi connectivity index (χ1v) is 6.61. The molecule has 0 aromatic carbocycles. The van der Waals surface area contributed by atoms with E-state index in [0.717, 1.165) is 11.1 Å². The van der Waals surface area contributed by atoms with Gasteiger partial charge in [-0.1, -0.05) is 13.8 Å². The first-order chi connectivity index (χ1) is 8.84. The highest BCUT2D eigenvalue weighted by Gasteiger charge is 2.31. The highest BCUT2D eigenvalue weighted by molar-refractivity contribution is 5.49. The van der Waals surface area contributed by atoms with Crippen molar-refractivity contribution < 1.29 is 9.84 Å². The van der Waals surface area contributed by atoms with Crippen molar-refractivity contribution in [2.24, 2.45) is 5.92 Å². The van der Waals surface area contributed by atoms with Crippen molar-refractivity contribution in [2.45, 2.75) is 52.7 Å². The Morgan fingerprint density at radius 3 is 2.68 bits per heavy atom. The SMILES string of the molecule is CC(C)Cc1nc(C#N)c2c(c1O)COC(C)(C)C2. The molecule has 1 N–H and O–H groups in total. The van der Waals surface area contributed by atoms with E-state index in [-0.39, 0.29) is 11.4 Å². The zero-order chi connectivity index (χ0) is 14.2. The van der Waals surface area contributed by atoms with E-state index in [1.54, 1.807) is 0 Å². The Bertz CT molecular complexity index is 542. The lowest BCUT2D eigenvalue weighted by Crippen LogP contribution is -2.33. The topological polar surface area (TPSA) is 66.1 Å². The van der Waals surface area contributed by atoms with Crippen molar-refractivity contribution in [3.63, 3.8) is 0 Å². The van der Waals surface area contributed by atoms with E-state index in [1.165, 1.54) is 0 Å². The van der Waals surface area contributed by atoms with E-state index >= 15 is 0 Å². The van der Waals surface area contributed by atoms with Gasteiger partial charge in [-0.15, -0.1) is 0 Å². The van der Waals surface area contributed by atoms with E-state index in [0.29, 0.717) is 36.8 Å². The van der Waals surface area contributed by atoms with Crippen LogP contribution in [0.1, 0.15) is 50.2 Å². The Morgan fingerprint density at radius 1 is 1.42 bits per heavy atom. The fourth-order valence-corrected chi connectivity index (χ4v) is 2.43. The first kappa shape index (κ1) is 13.8. The largest absolute Gasteiger partial charge is 0.506 e. The summed E-state index contributed by atoms with van der Waals surface area (Å²) >= 11 is 0. The van der Waals surface area contributed by atoms with Gasteiger partial charge in [-0.2, -0.15) is 5.26 Å². The van der Waals surface area contributed by atoms with Gasteiger partial charge in [0.25, 0.3) is 0 Å². The summed E-state index contributed by atoms with van der Waals surface area (Å²) in [5, 5.41) is 19.6. The molecular weight excluding hydrogens is 240 g/mol. The van der Waals surface area contributed by atoms with Crippen LogP contribution in [0.5, 0.6) is 5.75 Å². The molecule has 0 radical (unpaired) electrons. The first-order valence-electron chi connectivity index (χ1n) is 6.61. The van der Waals surface area contributed by atoms with E-state index in [2.05, 4.69) is 24.9 Å². The normalized spacial score (nSPS) is 17.1. The predicted molar refractivity (Wildman–Crippen MR) is 71.7 cm³/mol. The minimum absolute atomic E-state index is 0.207.